The highest BCUT2D eigenvalue weighted by Gasteiger charge is 2.27. The molecular formula is C30H38N8O3. The highest BCUT2D eigenvalue weighted by Crippen LogP contribution is 2.31. The Labute approximate surface area is 240 Å². The van der Waals surface area contributed by atoms with Gasteiger partial charge in [0.25, 0.3) is 0 Å². The number of pyridine rings is 1. The summed E-state index contributed by atoms with van der Waals surface area (Å²) in [7, 11) is 1.70. The monoisotopic (exact) mass is 558 g/mol. The fraction of sp³-hybridized carbons (Fsp3) is 0.467. The van der Waals surface area contributed by atoms with Crippen LogP contribution in [0, 0.1) is 0 Å². The molecule has 1 aromatic carbocycles. The van der Waals surface area contributed by atoms with Crippen molar-refractivity contribution in [3.63, 3.8) is 0 Å². The molecule has 11 heteroatoms. The molecule has 0 radical (unpaired) electrons. The van der Waals surface area contributed by atoms with Gasteiger partial charge in [0.1, 0.15) is 11.6 Å². The van der Waals surface area contributed by atoms with Gasteiger partial charge in [0.2, 0.25) is 5.95 Å². The average molecular weight is 559 g/mol. The van der Waals surface area contributed by atoms with E-state index in [1.54, 1.807) is 13.4 Å². The van der Waals surface area contributed by atoms with E-state index in [-0.39, 0.29) is 12.2 Å². The number of fused-ring (bicyclic) bond motifs is 1. The molecule has 6 rings (SSSR count). The van der Waals surface area contributed by atoms with Crippen LogP contribution in [0.4, 0.5) is 11.8 Å². The zero-order chi connectivity index (χ0) is 28.2. The molecule has 2 atom stereocenters. The van der Waals surface area contributed by atoms with Gasteiger partial charge in [0, 0.05) is 68.7 Å². The van der Waals surface area contributed by atoms with Gasteiger partial charge in [-0.25, -0.2) is 9.97 Å². The minimum Gasteiger partial charge on any atom is -0.496 e. The molecule has 41 heavy (non-hydrogen) atoms. The maximum absolute atomic E-state index is 5.97. The zero-order valence-electron chi connectivity index (χ0n) is 24.0. The number of aromatic nitrogens is 5. The predicted molar refractivity (Wildman–Crippen MR) is 159 cm³/mol. The molecule has 4 aromatic rings. The van der Waals surface area contributed by atoms with E-state index in [0.29, 0.717) is 31.4 Å². The Bertz CT molecular complexity index is 1450. The first-order valence-electron chi connectivity index (χ1n) is 14.3. The summed E-state index contributed by atoms with van der Waals surface area (Å²) in [6.45, 7) is 10.1. The van der Waals surface area contributed by atoms with Gasteiger partial charge in [-0.3, -0.25) is 0 Å². The summed E-state index contributed by atoms with van der Waals surface area (Å²) < 4.78 is 17.3. The molecule has 0 spiro atoms. The van der Waals surface area contributed by atoms with Crippen LogP contribution in [-0.4, -0.2) is 90.2 Å². The molecule has 0 saturated carbocycles. The maximum Gasteiger partial charge on any atom is 0.229 e. The van der Waals surface area contributed by atoms with Crippen LogP contribution in [0.15, 0.2) is 42.9 Å². The van der Waals surface area contributed by atoms with Gasteiger partial charge in [0.05, 0.1) is 49.9 Å². The number of H-pyrrole nitrogens is 1. The molecule has 5 heterocycles. The lowest BCUT2D eigenvalue weighted by Gasteiger charge is -2.36. The lowest BCUT2D eigenvalue weighted by Crippen LogP contribution is -2.46. The number of nitrogens with zero attached hydrogens (tertiary/aromatic N) is 6. The van der Waals surface area contributed by atoms with Crippen molar-refractivity contribution in [3.8, 4) is 17.0 Å². The van der Waals surface area contributed by atoms with Gasteiger partial charge < -0.3 is 34.3 Å². The molecule has 2 aliphatic rings. The Balaban J connectivity index is 1.31. The van der Waals surface area contributed by atoms with Crippen molar-refractivity contribution in [2.45, 2.75) is 39.0 Å². The van der Waals surface area contributed by atoms with E-state index in [2.05, 4.69) is 63.2 Å². The Hall–Kier alpha value is -3.80. The molecule has 0 unspecified atom stereocenters. The summed E-state index contributed by atoms with van der Waals surface area (Å²) in [5, 5.41) is 4.46. The zero-order valence-corrected chi connectivity index (χ0v) is 24.0. The number of aromatic amines is 1. The van der Waals surface area contributed by atoms with Gasteiger partial charge in [-0.2, -0.15) is 9.97 Å². The Morgan fingerprint density at radius 1 is 1.02 bits per heavy atom. The Kier molecular flexibility index (Phi) is 8.26. The SMILES string of the molecule is COc1ccc(-c2ccc3c(N4CCOCC4)nc(N4C[C@@H](C)O[C@@H](C)C4)nc3n2)cc1CNCCc1cnc[nH]1. The lowest BCUT2D eigenvalue weighted by atomic mass is 10.1. The van der Waals surface area contributed by atoms with Crippen LogP contribution in [0.25, 0.3) is 22.3 Å². The molecule has 0 bridgehead atoms. The number of hydrogen-bond donors (Lipinski definition) is 2. The summed E-state index contributed by atoms with van der Waals surface area (Å²) in [6.07, 6.45) is 4.65. The van der Waals surface area contributed by atoms with Crippen molar-refractivity contribution >= 4 is 22.8 Å². The van der Waals surface area contributed by atoms with Crippen molar-refractivity contribution in [1.29, 1.82) is 0 Å². The number of nitrogens with one attached hydrogen (secondary N) is 2. The number of ether oxygens (including phenoxy) is 3. The van der Waals surface area contributed by atoms with Gasteiger partial charge in [-0.15, -0.1) is 0 Å². The fourth-order valence-corrected chi connectivity index (χ4v) is 5.59. The largest absolute Gasteiger partial charge is 0.496 e. The maximum atomic E-state index is 5.97. The summed E-state index contributed by atoms with van der Waals surface area (Å²) in [6, 6.07) is 10.4. The van der Waals surface area contributed by atoms with E-state index in [0.717, 1.165) is 78.6 Å². The first kappa shape index (κ1) is 27.4. The Morgan fingerprint density at radius 2 is 1.85 bits per heavy atom. The summed E-state index contributed by atoms with van der Waals surface area (Å²) in [5.74, 6) is 2.46. The fourth-order valence-electron chi connectivity index (χ4n) is 5.59. The van der Waals surface area contributed by atoms with Gasteiger partial charge in [-0.1, -0.05) is 0 Å². The molecule has 0 aliphatic carbocycles. The molecule has 2 aliphatic heterocycles. The second-order valence-corrected chi connectivity index (χ2v) is 10.7. The minimum absolute atomic E-state index is 0.106. The standard InChI is InChI=1S/C30H38N8O3/c1-20-17-38(18-21(2)41-20)30-35-28-25(29(36-30)37-10-12-40-13-11-37)5-6-26(34-28)22-4-7-27(39-3)23(14-22)15-31-9-8-24-16-32-19-33-24/h4-7,14,16,19-21,31H,8-13,15,17-18H2,1-3H3,(H,32,33)/t20-,21+. The molecule has 0 amide bonds. The molecule has 3 aromatic heterocycles. The number of imidazole rings is 1. The smallest absolute Gasteiger partial charge is 0.229 e. The Morgan fingerprint density at radius 3 is 2.61 bits per heavy atom. The third kappa shape index (κ3) is 6.27. The predicted octanol–water partition coefficient (Wildman–Crippen LogP) is 3.21. The average Bonchev–Trinajstić information content (AvgIpc) is 3.52. The first-order chi connectivity index (χ1) is 20.1. The lowest BCUT2D eigenvalue weighted by molar-refractivity contribution is -0.00570. The summed E-state index contributed by atoms with van der Waals surface area (Å²) >= 11 is 0. The number of morpholine rings is 2. The van der Waals surface area contributed by atoms with E-state index >= 15 is 0 Å². The highest BCUT2D eigenvalue weighted by molar-refractivity contribution is 5.90. The van der Waals surface area contributed by atoms with Crippen LogP contribution in [0.1, 0.15) is 25.1 Å². The molecule has 2 fully saturated rings. The van der Waals surface area contributed by atoms with E-state index in [1.807, 2.05) is 12.3 Å². The van der Waals surface area contributed by atoms with E-state index in [9.17, 15) is 0 Å². The first-order valence-corrected chi connectivity index (χ1v) is 14.3. The normalized spacial score (nSPS) is 19.6. The summed E-state index contributed by atoms with van der Waals surface area (Å²) in [4.78, 5) is 26.9. The van der Waals surface area contributed by atoms with Crippen molar-refractivity contribution < 1.29 is 14.2 Å². The van der Waals surface area contributed by atoms with Crippen LogP contribution in [-0.2, 0) is 22.4 Å². The molecule has 216 valence electrons. The van der Waals surface area contributed by atoms with Gasteiger partial charge in [-0.05, 0) is 44.2 Å². The van der Waals surface area contributed by atoms with Crippen molar-refractivity contribution in [2.24, 2.45) is 0 Å². The number of methoxy groups -OCH3 is 1. The second-order valence-electron chi connectivity index (χ2n) is 10.7. The summed E-state index contributed by atoms with van der Waals surface area (Å²) in [5.41, 5.74) is 4.75. The van der Waals surface area contributed by atoms with Crippen LogP contribution >= 0.6 is 0 Å². The quantitative estimate of drug-likeness (QED) is 0.297. The molecule has 2 N–H and O–H groups in total. The van der Waals surface area contributed by atoms with E-state index < -0.39 is 0 Å². The number of hydrogen-bond acceptors (Lipinski definition) is 10. The van der Waals surface area contributed by atoms with Crippen LogP contribution < -0.4 is 19.9 Å². The number of anilines is 2. The van der Waals surface area contributed by atoms with Gasteiger partial charge in [0.15, 0.2) is 5.65 Å². The third-order valence-corrected chi connectivity index (χ3v) is 7.56. The molecule has 2 saturated heterocycles. The number of benzene rings is 1. The van der Waals surface area contributed by atoms with E-state index in [1.165, 1.54) is 0 Å². The van der Waals surface area contributed by atoms with Crippen LogP contribution in [0.5, 0.6) is 5.75 Å². The van der Waals surface area contributed by atoms with Gasteiger partial charge >= 0.3 is 0 Å². The highest BCUT2D eigenvalue weighted by atomic mass is 16.5. The molecular weight excluding hydrogens is 520 g/mol. The van der Waals surface area contributed by atoms with E-state index in [4.69, 9.17) is 29.2 Å². The van der Waals surface area contributed by atoms with Crippen molar-refractivity contribution in [3.05, 3.63) is 54.1 Å². The molecule has 11 nitrogen and oxygen atoms in total. The van der Waals surface area contributed by atoms with Crippen LogP contribution in [0.2, 0.25) is 0 Å². The second kappa shape index (κ2) is 12.4. The topological polar surface area (TPSA) is 114 Å². The minimum atomic E-state index is 0.106. The van der Waals surface area contributed by atoms with Crippen LogP contribution in [0.3, 0.4) is 0 Å². The van der Waals surface area contributed by atoms with Crippen molar-refractivity contribution in [1.82, 2.24) is 30.2 Å². The third-order valence-electron chi connectivity index (χ3n) is 7.56. The van der Waals surface area contributed by atoms with Crippen molar-refractivity contribution in [2.75, 3.05) is 62.8 Å². The number of rotatable bonds is 9.